The quantitative estimate of drug-likeness (QED) is 0.190. The van der Waals surface area contributed by atoms with Crippen LogP contribution in [0.2, 0.25) is 0 Å². The Morgan fingerprint density at radius 1 is 0.950 bits per heavy atom. The third kappa shape index (κ3) is 9.32. The molecule has 0 saturated carbocycles. The van der Waals surface area contributed by atoms with Crippen LogP contribution in [-0.4, -0.2) is 99.4 Å². The van der Waals surface area contributed by atoms with Gasteiger partial charge in [-0.25, -0.2) is 0 Å². The second-order valence-corrected chi connectivity index (χ2v) is 11.6. The summed E-state index contributed by atoms with van der Waals surface area (Å²) in [7, 11) is 1.16. The van der Waals surface area contributed by atoms with Gasteiger partial charge in [0.1, 0.15) is 0 Å². The molecule has 6 atom stereocenters. The second kappa shape index (κ2) is 14.8. The van der Waals surface area contributed by atoms with Gasteiger partial charge in [0.05, 0.1) is 0 Å². The van der Waals surface area contributed by atoms with Crippen molar-refractivity contribution >= 4 is 55.2 Å². The third-order valence-corrected chi connectivity index (χ3v) is 8.18. The summed E-state index contributed by atoms with van der Waals surface area (Å²) in [4.78, 5) is 73.7. The fraction of sp³-hybridized carbons (Fsp3) is 0.538. The Morgan fingerprint density at radius 3 is 2.08 bits per heavy atom. The summed E-state index contributed by atoms with van der Waals surface area (Å²) in [5.74, 6) is -4.42. The molecule has 1 amide bonds. The molecule has 2 rings (SSSR count). The predicted octanol–water partition coefficient (Wildman–Crippen LogP) is -0.463. The number of carbonyl (C=O) groups is 6. The van der Waals surface area contributed by atoms with Gasteiger partial charge in [0, 0.05) is 0 Å². The van der Waals surface area contributed by atoms with Crippen LogP contribution >= 0.6 is 0 Å². The molecule has 0 radical (unpaired) electrons. The summed E-state index contributed by atoms with van der Waals surface area (Å²) in [6, 6.07) is 7.68. The minimum absolute atomic E-state index is 0.218. The Balaban J connectivity index is 2.76. The summed E-state index contributed by atoms with van der Waals surface area (Å²) < 4.78 is 32.0. The molecule has 0 unspecified atom stereocenters. The fourth-order valence-corrected chi connectivity index (χ4v) is 6.80. The Labute approximate surface area is 237 Å². The molecule has 1 aliphatic heterocycles. The first-order valence-electron chi connectivity index (χ1n) is 12.2. The van der Waals surface area contributed by atoms with Gasteiger partial charge in [-0.05, 0) is 0 Å². The van der Waals surface area contributed by atoms with E-state index in [9.17, 15) is 28.8 Å². The number of carbonyl (C=O) groups excluding carboxylic acids is 6. The maximum atomic E-state index is 13.4. The van der Waals surface area contributed by atoms with Crippen LogP contribution in [0.25, 0.3) is 0 Å². The number of ether oxygens (including phenoxy) is 6. The molecule has 0 aromatic heterocycles. The number of benzene rings is 1. The molecule has 0 bridgehead atoms. The standard InChI is InChI=1S/C26H33NO12Se/c1-14(28)27-22-20(36-16(3)30)12-26(25(33)34-6,40-19-10-8-7-9-11-19)39-24(22)23(38-18(5)32)21(37-17(4)31)13-35-15(2)29/h7-11,20-24H,12-13H2,1-6H3,(H,27,28)/t20-,21+,22+,23+,24+,26+/m0/s1. The van der Waals surface area contributed by atoms with Gasteiger partial charge in [0.2, 0.25) is 0 Å². The van der Waals surface area contributed by atoms with Crippen LogP contribution in [0, 0.1) is 0 Å². The van der Waals surface area contributed by atoms with Crippen LogP contribution in [0.4, 0.5) is 0 Å². The SMILES string of the molecule is COC(=O)[C@]1([Se]c2ccccc2)C[C@H](OC(C)=O)[C@@H](NC(C)=O)[C@H]([C@H](OC(C)=O)[C@@H](COC(C)=O)OC(C)=O)O1. The predicted molar refractivity (Wildman–Crippen MR) is 137 cm³/mol. The molecule has 1 N–H and O–H groups in total. The number of amides is 1. The van der Waals surface area contributed by atoms with Crippen molar-refractivity contribution in [1.82, 2.24) is 5.32 Å². The number of rotatable bonds is 11. The van der Waals surface area contributed by atoms with Gasteiger partial charge >= 0.3 is 238 Å². The van der Waals surface area contributed by atoms with Crippen LogP contribution in [0.15, 0.2) is 30.3 Å². The molecule has 0 spiro atoms. The van der Waals surface area contributed by atoms with Gasteiger partial charge in [-0.1, -0.05) is 0 Å². The Kier molecular flexibility index (Phi) is 12.1. The van der Waals surface area contributed by atoms with Gasteiger partial charge < -0.3 is 0 Å². The van der Waals surface area contributed by atoms with Crippen LogP contribution in [0.3, 0.4) is 0 Å². The number of esters is 5. The fourth-order valence-electron chi connectivity index (χ4n) is 4.18. The van der Waals surface area contributed by atoms with E-state index in [1.807, 2.05) is 0 Å². The first kappa shape index (κ1) is 32.7. The molecule has 1 heterocycles. The van der Waals surface area contributed by atoms with E-state index in [-0.39, 0.29) is 6.42 Å². The van der Waals surface area contributed by atoms with Crippen molar-refractivity contribution < 1.29 is 57.2 Å². The van der Waals surface area contributed by atoms with E-state index in [0.29, 0.717) is 0 Å². The van der Waals surface area contributed by atoms with Gasteiger partial charge in [-0.2, -0.15) is 0 Å². The maximum absolute atomic E-state index is 13.4. The van der Waals surface area contributed by atoms with Crippen LogP contribution in [0.1, 0.15) is 41.0 Å². The Hall–Kier alpha value is -3.48. The summed E-state index contributed by atoms with van der Waals surface area (Å²) in [6.07, 6.45) is -5.80. The van der Waals surface area contributed by atoms with Gasteiger partial charge in [0.25, 0.3) is 0 Å². The molecule has 1 aromatic rings. The normalized spacial score (nSPS) is 23.5. The van der Waals surface area contributed by atoms with Crippen molar-refractivity contribution in [3.05, 3.63) is 30.3 Å². The van der Waals surface area contributed by atoms with Crippen molar-refractivity contribution in [2.75, 3.05) is 13.7 Å². The molecule has 40 heavy (non-hydrogen) atoms. The van der Waals surface area contributed by atoms with Crippen LogP contribution < -0.4 is 9.78 Å². The first-order valence-corrected chi connectivity index (χ1v) is 13.9. The summed E-state index contributed by atoms with van der Waals surface area (Å²) in [5, 5.41) is 2.65. The van der Waals surface area contributed by atoms with Gasteiger partial charge in [0.15, 0.2) is 0 Å². The first-order chi connectivity index (χ1) is 18.8. The minimum atomic E-state index is -1.75. The van der Waals surface area contributed by atoms with Crippen molar-refractivity contribution in [3.8, 4) is 0 Å². The zero-order valence-corrected chi connectivity index (χ0v) is 24.7. The number of methoxy groups -OCH3 is 1. The number of nitrogens with one attached hydrogen (secondary N) is 1. The molecule has 1 aromatic carbocycles. The third-order valence-electron chi connectivity index (χ3n) is 5.52. The Morgan fingerprint density at radius 2 is 1.57 bits per heavy atom. The van der Waals surface area contributed by atoms with E-state index in [1.165, 1.54) is 6.92 Å². The molecule has 14 heteroatoms. The van der Waals surface area contributed by atoms with Gasteiger partial charge in [-0.3, -0.25) is 0 Å². The van der Waals surface area contributed by atoms with E-state index in [0.717, 1.165) is 39.3 Å². The van der Waals surface area contributed by atoms with Crippen molar-refractivity contribution in [3.63, 3.8) is 0 Å². The van der Waals surface area contributed by atoms with E-state index in [2.05, 4.69) is 5.32 Å². The zero-order valence-electron chi connectivity index (χ0n) is 23.0. The molecule has 220 valence electrons. The second-order valence-electron chi connectivity index (χ2n) is 8.84. The molecule has 13 nitrogen and oxygen atoms in total. The summed E-state index contributed by atoms with van der Waals surface area (Å²) in [6.45, 7) is 5.13. The number of hydrogen-bond donors (Lipinski definition) is 1. The van der Waals surface area contributed by atoms with E-state index >= 15 is 0 Å². The zero-order chi connectivity index (χ0) is 30.0. The molecular formula is C26H33NO12Se. The monoisotopic (exact) mass is 631 g/mol. The molecule has 1 aliphatic rings. The molecule has 1 fully saturated rings. The van der Waals surface area contributed by atoms with Crippen molar-refractivity contribution in [1.29, 1.82) is 0 Å². The van der Waals surface area contributed by atoms with Crippen LogP contribution in [-0.2, 0) is 57.2 Å². The summed E-state index contributed by atoms with van der Waals surface area (Å²) >= 11 is -0.813. The average molecular weight is 631 g/mol. The van der Waals surface area contributed by atoms with Crippen molar-refractivity contribution in [2.45, 2.75) is 76.0 Å². The van der Waals surface area contributed by atoms with E-state index in [4.69, 9.17) is 28.4 Å². The Bertz CT molecular complexity index is 1100. The van der Waals surface area contributed by atoms with Gasteiger partial charge in [-0.15, -0.1) is 0 Å². The van der Waals surface area contributed by atoms with E-state index < -0.39 is 92.3 Å². The average Bonchev–Trinajstić information content (AvgIpc) is 2.85. The molecular weight excluding hydrogens is 597 g/mol. The summed E-state index contributed by atoms with van der Waals surface area (Å²) in [5.41, 5.74) is 0. The van der Waals surface area contributed by atoms with Crippen molar-refractivity contribution in [2.24, 2.45) is 0 Å². The molecule has 1 saturated heterocycles. The molecule has 0 aliphatic carbocycles. The number of hydrogen-bond acceptors (Lipinski definition) is 12. The topological polar surface area (TPSA) is 170 Å². The van der Waals surface area contributed by atoms with E-state index in [1.54, 1.807) is 30.3 Å². The van der Waals surface area contributed by atoms with Crippen LogP contribution in [0.5, 0.6) is 0 Å².